The minimum Gasteiger partial charge on any atom is -0.496 e. The van der Waals surface area contributed by atoms with E-state index in [-0.39, 0.29) is 0 Å². The second-order valence-electron chi connectivity index (χ2n) is 4.72. The summed E-state index contributed by atoms with van der Waals surface area (Å²) in [4.78, 5) is 4.51. The number of aromatic nitrogens is 2. The SMILES string of the molecule is COc1ccccc1CCNc1nc(C2CC2)ns1. The number of hydrogen-bond acceptors (Lipinski definition) is 5. The third-order valence-electron chi connectivity index (χ3n) is 3.25. The van der Waals surface area contributed by atoms with Crippen molar-refractivity contribution in [2.45, 2.75) is 25.2 Å². The van der Waals surface area contributed by atoms with Crippen molar-refractivity contribution in [2.75, 3.05) is 19.0 Å². The molecule has 0 saturated heterocycles. The first-order valence-corrected chi connectivity index (χ1v) is 7.33. The first-order chi connectivity index (χ1) is 9.36. The number of benzene rings is 1. The highest BCUT2D eigenvalue weighted by molar-refractivity contribution is 7.09. The van der Waals surface area contributed by atoms with E-state index in [1.54, 1.807) is 7.11 Å². The molecule has 1 aromatic carbocycles. The van der Waals surface area contributed by atoms with E-state index in [9.17, 15) is 0 Å². The van der Waals surface area contributed by atoms with E-state index in [2.05, 4.69) is 20.7 Å². The van der Waals surface area contributed by atoms with Crippen molar-refractivity contribution in [3.63, 3.8) is 0 Å². The maximum Gasteiger partial charge on any atom is 0.202 e. The average Bonchev–Trinajstić information content (AvgIpc) is 3.19. The van der Waals surface area contributed by atoms with E-state index in [0.717, 1.165) is 29.7 Å². The van der Waals surface area contributed by atoms with Crippen molar-refractivity contribution >= 4 is 16.7 Å². The third kappa shape index (κ3) is 3.04. The summed E-state index contributed by atoms with van der Waals surface area (Å²) in [5, 5.41) is 4.26. The van der Waals surface area contributed by atoms with Crippen molar-refractivity contribution < 1.29 is 4.74 Å². The summed E-state index contributed by atoms with van der Waals surface area (Å²) < 4.78 is 9.72. The lowest BCUT2D eigenvalue weighted by molar-refractivity contribution is 0.410. The van der Waals surface area contributed by atoms with Gasteiger partial charge in [0, 0.05) is 24.0 Å². The Morgan fingerprint density at radius 3 is 3.00 bits per heavy atom. The Balaban J connectivity index is 1.54. The number of nitrogens with one attached hydrogen (secondary N) is 1. The van der Waals surface area contributed by atoms with Gasteiger partial charge in [-0.05, 0) is 30.9 Å². The van der Waals surface area contributed by atoms with Crippen molar-refractivity contribution in [2.24, 2.45) is 0 Å². The molecular formula is C14H17N3OS. The fourth-order valence-electron chi connectivity index (χ4n) is 2.03. The molecule has 0 bridgehead atoms. The van der Waals surface area contributed by atoms with Gasteiger partial charge in [0.2, 0.25) is 5.13 Å². The molecule has 1 fully saturated rings. The lowest BCUT2D eigenvalue weighted by atomic mass is 10.1. The monoisotopic (exact) mass is 275 g/mol. The second-order valence-corrected chi connectivity index (χ2v) is 5.47. The molecule has 19 heavy (non-hydrogen) atoms. The summed E-state index contributed by atoms with van der Waals surface area (Å²) in [6, 6.07) is 8.11. The molecule has 1 aromatic heterocycles. The van der Waals surface area contributed by atoms with Gasteiger partial charge in [-0.15, -0.1) is 0 Å². The molecule has 1 heterocycles. The minimum atomic E-state index is 0.626. The molecule has 3 rings (SSSR count). The molecule has 1 aliphatic rings. The van der Waals surface area contributed by atoms with Gasteiger partial charge in [0.25, 0.3) is 0 Å². The van der Waals surface area contributed by atoms with Gasteiger partial charge in [-0.2, -0.15) is 4.37 Å². The largest absolute Gasteiger partial charge is 0.496 e. The fourth-order valence-corrected chi connectivity index (χ4v) is 2.70. The molecular weight excluding hydrogens is 258 g/mol. The number of hydrogen-bond donors (Lipinski definition) is 1. The number of ether oxygens (including phenoxy) is 1. The second kappa shape index (κ2) is 5.57. The van der Waals surface area contributed by atoms with Gasteiger partial charge in [-0.1, -0.05) is 18.2 Å². The molecule has 1 aliphatic carbocycles. The van der Waals surface area contributed by atoms with E-state index in [4.69, 9.17) is 4.74 Å². The summed E-state index contributed by atoms with van der Waals surface area (Å²) in [5.74, 6) is 2.59. The maximum atomic E-state index is 5.34. The summed E-state index contributed by atoms with van der Waals surface area (Å²) in [6.07, 6.45) is 3.41. The Morgan fingerprint density at radius 2 is 2.21 bits per heavy atom. The van der Waals surface area contributed by atoms with Crippen LogP contribution in [0.4, 0.5) is 5.13 Å². The summed E-state index contributed by atoms with van der Waals surface area (Å²) >= 11 is 1.46. The smallest absolute Gasteiger partial charge is 0.202 e. The quantitative estimate of drug-likeness (QED) is 0.880. The van der Waals surface area contributed by atoms with Gasteiger partial charge in [-0.3, -0.25) is 0 Å². The highest BCUT2D eigenvalue weighted by Gasteiger charge is 2.27. The van der Waals surface area contributed by atoms with E-state index >= 15 is 0 Å². The summed E-state index contributed by atoms with van der Waals surface area (Å²) in [6.45, 7) is 0.847. The average molecular weight is 275 g/mol. The van der Waals surface area contributed by atoms with E-state index in [1.165, 1.54) is 29.9 Å². The number of nitrogens with zero attached hydrogens (tertiary/aromatic N) is 2. The molecule has 0 spiro atoms. The van der Waals surface area contributed by atoms with E-state index in [1.807, 2.05) is 18.2 Å². The van der Waals surface area contributed by atoms with Crippen molar-refractivity contribution in [1.29, 1.82) is 0 Å². The van der Waals surface area contributed by atoms with Crippen LogP contribution in [0.3, 0.4) is 0 Å². The van der Waals surface area contributed by atoms with Gasteiger partial charge in [0.15, 0.2) is 0 Å². The van der Waals surface area contributed by atoms with Crippen molar-refractivity contribution in [3.05, 3.63) is 35.7 Å². The predicted octanol–water partition coefficient (Wildman–Crippen LogP) is 3.08. The van der Waals surface area contributed by atoms with Crippen molar-refractivity contribution in [3.8, 4) is 5.75 Å². The highest BCUT2D eigenvalue weighted by Crippen LogP contribution is 2.39. The lowest BCUT2D eigenvalue weighted by Crippen LogP contribution is -2.05. The Labute approximate surface area is 117 Å². The molecule has 0 atom stereocenters. The summed E-state index contributed by atoms with van der Waals surface area (Å²) in [7, 11) is 1.71. The van der Waals surface area contributed by atoms with E-state index < -0.39 is 0 Å². The minimum absolute atomic E-state index is 0.626. The lowest BCUT2D eigenvalue weighted by Gasteiger charge is -2.07. The van der Waals surface area contributed by atoms with Crippen molar-refractivity contribution in [1.82, 2.24) is 9.36 Å². The number of methoxy groups -OCH3 is 1. The van der Waals surface area contributed by atoms with Crippen LogP contribution in [0.1, 0.15) is 30.1 Å². The van der Waals surface area contributed by atoms with Crippen LogP contribution in [0.5, 0.6) is 5.75 Å². The molecule has 5 heteroatoms. The maximum absolute atomic E-state index is 5.34. The van der Waals surface area contributed by atoms with Crippen LogP contribution < -0.4 is 10.1 Å². The van der Waals surface area contributed by atoms with Crippen LogP contribution >= 0.6 is 11.5 Å². The Hall–Kier alpha value is -1.62. The topological polar surface area (TPSA) is 47.0 Å². The van der Waals surface area contributed by atoms with Gasteiger partial charge < -0.3 is 10.1 Å². The first kappa shape index (κ1) is 12.4. The molecule has 100 valence electrons. The first-order valence-electron chi connectivity index (χ1n) is 6.56. The Kier molecular flexibility index (Phi) is 3.64. The van der Waals surface area contributed by atoms with Crippen LogP contribution in [0.2, 0.25) is 0 Å². The molecule has 1 saturated carbocycles. The van der Waals surface area contributed by atoms with Gasteiger partial charge >= 0.3 is 0 Å². The van der Waals surface area contributed by atoms with Gasteiger partial charge in [0.1, 0.15) is 11.6 Å². The molecule has 4 nitrogen and oxygen atoms in total. The van der Waals surface area contributed by atoms with Gasteiger partial charge in [0.05, 0.1) is 7.11 Å². The van der Waals surface area contributed by atoms with Gasteiger partial charge in [-0.25, -0.2) is 4.98 Å². The molecule has 0 unspecified atom stereocenters. The molecule has 0 aliphatic heterocycles. The zero-order valence-corrected chi connectivity index (χ0v) is 11.7. The zero-order chi connectivity index (χ0) is 13.1. The normalized spacial score (nSPS) is 14.4. The van der Waals surface area contributed by atoms with E-state index in [0.29, 0.717) is 5.92 Å². The molecule has 0 amide bonds. The molecule has 2 aromatic rings. The van der Waals surface area contributed by atoms with Crippen LogP contribution in [-0.2, 0) is 6.42 Å². The predicted molar refractivity (Wildman–Crippen MR) is 77.1 cm³/mol. The van der Waals surface area contributed by atoms with Crippen LogP contribution in [-0.4, -0.2) is 23.0 Å². The van der Waals surface area contributed by atoms with Crippen LogP contribution in [0.15, 0.2) is 24.3 Å². The third-order valence-corrected chi connectivity index (χ3v) is 3.93. The van der Waals surface area contributed by atoms with Crippen LogP contribution in [0.25, 0.3) is 0 Å². The highest BCUT2D eigenvalue weighted by atomic mass is 32.1. The Morgan fingerprint density at radius 1 is 1.37 bits per heavy atom. The number of para-hydroxylation sites is 1. The number of rotatable bonds is 6. The fraction of sp³-hybridized carbons (Fsp3) is 0.429. The van der Waals surface area contributed by atoms with Crippen LogP contribution in [0, 0.1) is 0 Å². The Bertz CT molecular complexity index is 551. The molecule has 1 N–H and O–H groups in total. The molecule has 0 radical (unpaired) electrons. The summed E-state index contributed by atoms with van der Waals surface area (Å²) in [5.41, 5.74) is 1.21. The number of anilines is 1. The zero-order valence-electron chi connectivity index (χ0n) is 10.9. The standard InChI is InChI=1S/C14H17N3OS/c1-18-12-5-3-2-4-10(12)8-9-15-14-16-13(17-19-14)11-6-7-11/h2-5,11H,6-9H2,1H3,(H,15,16,17).